The molecule has 2 aromatic carbocycles. The molecule has 2 fully saturated rings. The molecule has 2 aromatic rings. The molecule has 0 aromatic heterocycles. The molecule has 0 bridgehead atoms. The highest BCUT2D eigenvalue weighted by Gasteiger charge is 2.37. The summed E-state index contributed by atoms with van der Waals surface area (Å²) in [5.41, 5.74) is 6.42. The molecule has 13 heteroatoms. The van der Waals surface area contributed by atoms with Crippen LogP contribution in [0.15, 0.2) is 57.5 Å². The third-order valence-corrected chi connectivity index (χ3v) is 7.82. The predicted molar refractivity (Wildman–Crippen MR) is 188 cm³/mol. The molecule has 2 heterocycles. The fourth-order valence-electron chi connectivity index (χ4n) is 4.76. The Balaban J connectivity index is 0.000000273. The Morgan fingerprint density at radius 1 is 0.809 bits per heavy atom. The molecule has 0 unspecified atom stereocenters. The number of halogens is 2. The van der Waals surface area contributed by atoms with Crippen LogP contribution >= 0.6 is 31.9 Å². The number of aliphatic carboxylic acids is 1. The van der Waals surface area contributed by atoms with E-state index >= 15 is 0 Å². The first kappa shape index (κ1) is 40.0. The number of carbonyl (C=O) groups excluding carboxylic acids is 3. The van der Waals surface area contributed by atoms with Crippen molar-refractivity contribution in [1.29, 1.82) is 0 Å². The Bertz CT molecular complexity index is 1360. The van der Waals surface area contributed by atoms with Crippen LogP contribution in [0.1, 0.15) is 78.4 Å². The molecule has 2 saturated heterocycles. The van der Waals surface area contributed by atoms with Gasteiger partial charge in [0, 0.05) is 35.1 Å². The number of benzene rings is 2. The van der Waals surface area contributed by atoms with Crippen LogP contribution in [0.3, 0.4) is 0 Å². The van der Waals surface area contributed by atoms with E-state index in [0.29, 0.717) is 39.0 Å². The van der Waals surface area contributed by atoms with Crippen LogP contribution in [0, 0.1) is 0 Å². The molecule has 0 aliphatic carbocycles. The molecule has 4 N–H and O–H groups in total. The fourth-order valence-corrected chi connectivity index (χ4v) is 5.65. The average molecular weight is 785 g/mol. The quantitative estimate of drug-likeness (QED) is 0.298. The first-order valence-electron chi connectivity index (χ1n) is 15.6. The highest BCUT2D eigenvalue weighted by atomic mass is 79.9. The van der Waals surface area contributed by atoms with Crippen LogP contribution in [-0.4, -0.2) is 75.3 Å². The molecule has 0 saturated carbocycles. The van der Waals surface area contributed by atoms with E-state index in [-0.39, 0.29) is 5.91 Å². The number of rotatable bonds is 5. The van der Waals surface area contributed by atoms with Gasteiger partial charge in [0.25, 0.3) is 0 Å². The second-order valence-corrected chi connectivity index (χ2v) is 15.0. The smallest absolute Gasteiger partial charge is 0.411 e. The molecule has 2 atom stereocenters. The zero-order valence-electron chi connectivity index (χ0n) is 28.1. The van der Waals surface area contributed by atoms with Crippen molar-refractivity contribution in [3.63, 3.8) is 0 Å². The summed E-state index contributed by atoms with van der Waals surface area (Å²) >= 11 is 6.76. The second kappa shape index (κ2) is 18.4. The number of carbonyl (C=O) groups is 4. The van der Waals surface area contributed by atoms with Crippen molar-refractivity contribution in [2.24, 2.45) is 5.73 Å². The summed E-state index contributed by atoms with van der Waals surface area (Å²) in [5, 5.41) is 11.8. The van der Waals surface area contributed by atoms with E-state index in [1.54, 1.807) is 20.8 Å². The molecular formula is C34H48Br2N4O7. The molecule has 11 nitrogen and oxygen atoms in total. The maximum Gasteiger partial charge on any atom is 0.411 e. The third-order valence-electron chi connectivity index (χ3n) is 6.83. The number of amides is 3. The van der Waals surface area contributed by atoms with Crippen molar-refractivity contribution < 1.29 is 33.8 Å². The second-order valence-electron chi connectivity index (χ2n) is 13.2. The van der Waals surface area contributed by atoms with Gasteiger partial charge in [-0.05, 0) is 103 Å². The number of ether oxygens (including phenoxy) is 2. The van der Waals surface area contributed by atoms with Crippen LogP contribution in [0.25, 0.3) is 0 Å². The number of nitrogens with two attached hydrogens (primary N) is 1. The summed E-state index contributed by atoms with van der Waals surface area (Å²) in [6.07, 6.45) is 1.76. The summed E-state index contributed by atoms with van der Waals surface area (Å²) in [6, 6.07) is 14.6. The number of hydrogen-bond donors (Lipinski definition) is 3. The Morgan fingerprint density at radius 3 is 1.68 bits per heavy atom. The van der Waals surface area contributed by atoms with Crippen LogP contribution in [0.5, 0.6) is 0 Å². The van der Waals surface area contributed by atoms with Crippen molar-refractivity contribution in [1.82, 2.24) is 15.1 Å². The van der Waals surface area contributed by atoms with E-state index in [1.165, 1.54) is 9.80 Å². The van der Waals surface area contributed by atoms with Crippen molar-refractivity contribution in [2.45, 2.75) is 104 Å². The summed E-state index contributed by atoms with van der Waals surface area (Å²) in [6.45, 7) is 12.8. The Hall–Kier alpha value is -3.16. The van der Waals surface area contributed by atoms with Gasteiger partial charge in [-0.2, -0.15) is 0 Å². The first-order valence-corrected chi connectivity index (χ1v) is 17.2. The van der Waals surface area contributed by atoms with Gasteiger partial charge >= 0.3 is 18.2 Å². The molecule has 3 amide bonds. The van der Waals surface area contributed by atoms with Crippen molar-refractivity contribution >= 4 is 55.9 Å². The summed E-state index contributed by atoms with van der Waals surface area (Å²) in [4.78, 5) is 49.9. The molecule has 4 rings (SSSR count). The number of carboxylic acids is 1. The average Bonchev–Trinajstić information content (AvgIpc) is 3.66. The standard InChI is InChI=1S/C17H23BrN2O3.C10H17NO4.C7H8BrN/c1-17(2,3)23-16(22)20-9-5-8-14(20)15(21)19-11-12-6-4-7-13(18)10-12;1-10(2,3)15-9(14)11-6-4-5-7(11)8(12)13;8-7-3-1-2-6(4-7)5-9/h4,6-7,10,14H,5,8-9,11H2,1-3H3,(H,19,21);7H,4-6H2,1-3H3,(H,12,13);1-4H,5,9H2/t14-;7-;/m00./s1. The van der Waals surface area contributed by atoms with Crippen LogP contribution < -0.4 is 11.1 Å². The van der Waals surface area contributed by atoms with Gasteiger partial charge in [-0.1, -0.05) is 56.1 Å². The van der Waals surface area contributed by atoms with E-state index in [4.69, 9.17) is 20.3 Å². The SMILES string of the molecule is CC(C)(C)OC(=O)N1CCC[C@H]1C(=O)NCc1cccc(Br)c1.CC(C)(C)OC(=O)N1CCC[C@H]1C(=O)O.NCc1cccc(Br)c1. The highest BCUT2D eigenvalue weighted by Crippen LogP contribution is 2.22. The third kappa shape index (κ3) is 14.6. The molecule has 0 spiro atoms. The molecule has 0 radical (unpaired) electrons. The zero-order valence-corrected chi connectivity index (χ0v) is 31.2. The summed E-state index contributed by atoms with van der Waals surface area (Å²) < 4.78 is 12.6. The minimum atomic E-state index is -0.960. The lowest BCUT2D eigenvalue weighted by atomic mass is 10.2. The Kier molecular flexibility index (Phi) is 15.7. The van der Waals surface area contributed by atoms with Gasteiger partial charge in [0.15, 0.2) is 0 Å². The van der Waals surface area contributed by atoms with Crippen molar-refractivity contribution in [2.75, 3.05) is 13.1 Å². The molecule has 2 aliphatic heterocycles. The molecule has 2 aliphatic rings. The number of hydrogen-bond acceptors (Lipinski definition) is 7. The zero-order chi connectivity index (χ0) is 35.4. The van der Waals surface area contributed by atoms with E-state index in [1.807, 2.05) is 69.3 Å². The number of nitrogens with one attached hydrogen (secondary N) is 1. The van der Waals surface area contributed by atoms with E-state index < -0.39 is 41.4 Å². The Labute approximate surface area is 294 Å². The van der Waals surface area contributed by atoms with Crippen LogP contribution in [0.4, 0.5) is 9.59 Å². The lowest BCUT2D eigenvalue weighted by molar-refractivity contribution is -0.142. The van der Waals surface area contributed by atoms with Crippen LogP contribution in [-0.2, 0) is 32.2 Å². The lowest BCUT2D eigenvalue weighted by Crippen LogP contribution is -2.47. The maximum atomic E-state index is 12.4. The minimum Gasteiger partial charge on any atom is -0.480 e. The predicted octanol–water partition coefficient (Wildman–Crippen LogP) is 6.84. The van der Waals surface area contributed by atoms with Crippen molar-refractivity contribution in [3.05, 3.63) is 68.6 Å². The van der Waals surface area contributed by atoms with Gasteiger partial charge in [0.05, 0.1) is 0 Å². The summed E-state index contributed by atoms with van der Waals surface area (Å²) in [7, 11) is 0. The van der Waals surface area contributed by atoms with Gasteiger partial charge in [-0.25, -0.2) is 14.4 Å². The molecular weight excluding hydrogens is 736 g/mol. The molecule has 260 valence electrons. The van der Waals surface area contributed by atoms with Crippen molar-refractivity contribution in [3.8, 4) is 0 Å². The van der Waals surface area contributed by atoms with E-state index in [0.717, 1.165) is 32.9 Å². The topological polar surface area (TPSA) is 152 Å². The largest absolute Gasteiger partial charge is 0.480 e. The van der Waals surface area contributed by atoms with Gasteiger partial charge in [0.1, 0.15) is 23.3 Å². The number of carboxylic acid groups (broad SMARTS) is 1. The fraction of sp³-hybridized carbons (Fsp3) is 0.529. The highest BCUT2D eigenvalue weighted by molar-refractivity contribution is 9.10. The van der Waals surface area contributed by atoms with E-state index in [2.05, 4.69) is 37.2 Å². The normalized spacial score (nSPS) is 17.5. The van der Waals surface area contributed by atoms with Crippen LogP contribution in [0.2, 0.25) is 0 Å². The first-order chi connectivity index (χ1) is 21.9. The van der Waals surface area contributed by atoms with Gasteiger partial charge < -0.3 is 25.6 Å². The number of likely N-dealkylation sites (tertiary alicyclic amines) is 2. The van der Waals surface area contributed by atoms with E-state index in [9.17, 15) is 19.2 Å². The van der Waals surface area contributed by atoms with Gasteiger partial charge in [-0.15, -0.1) is 0 Å². The summed E-state index contributed by atoms with van der Waals surface area (Å²) in [5.74, 6) is -1.09. The number of nitrogens with zero attached hydrogens (tertiary/aromatic N) is 2. The maximum absolute atomic E-state index is 12.4. The van der Waals surface area contributed by atoms with Gasteiger partial charge in [-0.3, -0.25) is 14.6 Å². The Morgan fingerprint density at radius 2 is 1.26 bits per heavy atom. The lowest BCUT2D eigenvalue weighted by Gasteiger charge is -2.28. The minimum absolute atomic E-state index is 0.131. The molecule has 47 heavy (non-hydrogen) atoms. The monoisotopic (exact) mass is 782 g/mol. The van der Waals surface area contributed by atoms with Gasteiger partial charge in [0.2, 0.25) is 5.91 Å².